The normalized spacial score (nSPS) is 19.3. The first kappa shape index (κ1) is 12.4. The molecule has 0 radical (unpaired) electrons. The summed E-state index contributed by atoms with van der Waals surface area (Å²) in [6, 6.07) is 0. The number of esters is 1. The van der Waals surface area contributed by atoms with E-state index < -0.39 is 10.7 Å². The average molecular weight is 235 g/mol. The fraction of sp³-hybridized carbons (Fsp3) is 0.889. The van der Waals surface area contributed by atoms with Crippen LogP contribution >= 0.6 is 0 Å². The lowest BCUT2D eigenvalue weighted by molar-refractivity contribution is -0.150. The number of ether oxygens (including phenoxy) is 1. The largest absolute Gasteiger partial charge is 0.462 e. The predicted octanol–water partition coefficient (Wildman–Crippen LogP) is -0.0271. The second-order valence-corrected chi connectivity index (χ2v) is 4.58. The predicted molar refractivity (Wildman–Crippen MR) is 56.2 cm³/mol. The van der Waals surface area contributed by atoms with E-state index in [4.69, 9.17) is 4.74 Å². The van der Waals surface area contributed by atoms with Gasteiger partial charge in [-0.05, 0) is 12.8 Å². The highest BCUT2D eigenvalue weighted by molar-refractivity contribution is 7.72. The molecule has 0 aromatic heterocycles. The Hall–Kier alpha value is -0.620. The second kappa shape index (κ2) is 6.07. The molecule has 1 fully saturated rings. The van der Waals surface area contributed by atoms with Crippen LogP contribution in [0.4, 0.5) is 0 Å². The Morgan fingerprint density at radius 2 is 2.00 bits per heavy atom. The van der Waals surface area contributed by atoms with Crippen LogP contribution in [0.3, 0.4) is 0 Å². The Labute approximate surface area is 91.3 Å². The quantitative estimate of drug-likeness (QED) is 0.548. The molecule has 15 heavy (non-hydrogen) atoms. The number of hydrogen-bond acceptors (Lipinski definition) is 5. The molecule has 0 amide bonds. The van der Waals surface area contributed by atoms with Gasteiger partial charge in [-0.2, -0.15) is 0 Å². The van der Waals surface area contributed by atoms with Crippen molar-refractivity contribution in [2.24, 2.45) is 0 Å². The van der Waals surface area contributed by atoms with Gasteiger partial charge in [-0.15, -0.1) is 0 Å². The number of thiol groups is 1. The summed E-state index contributed by atoms with van der Waals surface area (Å²) in [6.07, 6.45) is 1.83. The van der Waals surface area contributed by atoms with Crippen LogP contribution in [0.1, 0.15) is 26.2 Å². The summed E-state index contributed by atoms with van der Waals surface area (Å²) in [5.41, 5.74) is 0. The van der Waals surface area contributed by atoms with E-state index in [0.29, 0.717) is 19.5 Å². The summed E-state index contributed by atoms with van der Waals surface area (Å²) in [6.45, 7) is 3.13. The van der Waals surface area contributed by atoms with E-state index in [0.717, 1.165) is 12.8 Å². The van der Waals surface area contributed by atoms with E-state index in [1.165, 1.54) is 0 Å². The minimum absolute atomic E-state index is 0.0294. The standard InChI is InChI=1S/C9H17NO4S/c1-2-9(11)14-8-3-5-10(6-4-8)7-15(12)13/h8,15H,2-7H2,1H3. The molecule has 0 aromatic carbocycles. The Morgan fingerprint density at radius 3 is 2.47 bits per heavy atom. The lowest BCUT2D eigenvalue weighted by Crippen LogP contribution is -2.38. The fourth-order valence-electron chi connectivity index (χ4n) is 1.60. The molecule has 1 heterocycles. The fourth-order valence-corrected chi connectivity index (χ4v) is 2.21. The zero-order valence-electron chi connectivity index (χ0n) is 8.85. The van der Waals surface area contributed by atoms with E-state index in [2.05, 4.69) is 0 Å². The van der Waals surface area contributed by atoms with Crippen molar-refractivity contribution in [2.75, 3.05) is 19.0 Å². The third-order valence-corrected chi connectivity index (χ3v) is 3.07. The number of hydrogen-bond donors (Lipinski definition) is 1. The first-order valence-corrected chi connectivity index (χ1v) is 6.51. The third-order valence-electron chi connectivity index (χ3n) is 2.44. The molecular formula is C9H17NO4S. The number of rotatable bonds is 4. The molecule has 88 valence electrons. The van der Waals surface area contributed by atoms with Gasteiger partial charge in [0.05, 0.1) is 5.88 Å². The molecule has 1 aliphatic rings. The van der Waals surface area contributed by atoms with Gasteiger partial charge in [-0.1, -0.05) is 6.92 Å². The first-order chi connectivity index (χ1) is 7.11. The molecule has 0 spiro atoms. The van der Waals surface area contributed by atoms with Crippen molar-refractivity contribution in [1.29, 1.82) is 0 Å². The maximum absolute atomic E-state index is 11.0. The van der Waals surface area contributed by atoms with Crippen LogP contribution in [0.25, 0.3) is 0 Å². The Morgan fingerprint density at radius 1 is 1.40 bits per heavy atom. The van der Waals surface area contributed by atoms with Gasteiger partial charge in [0.2, 0.25) is 0 Å². The highest BCUT2D eigenvalue weighted by Crippen LogP contribution is 2.13. The summed E-state index contributed by atoms with van der Waals surface area (Å²) in [5, 5.41) is 0. The second-order valence-electron chi connectivity index (χ2n) is 3.63. The molecule has 6 heteroatoms. The van der Waals surface area contributed by atoms with Gasteiger partial charge in [0.25, 0.3) is 0 Å². The molecule has 0 N–H and O–H groups in total. The summed E-state index contributed by atoms with van der Waals surface area (Å²) in [7, 11) is -2.34. The average Bonchev–Trinajstić information content (AvgIpc) is 2.20. The van der Waals surface area contributed by atoms with Crippen LogP contribution in [0.2, 0.25) is 0 Å². The van der Waals surface area contributed by atoms with Gasteiger partial charge >= 0.3 is 5.97 Å². The van der Waals surface area contributed by atoms with E-state index in [-0.39, 0.29) is 18.0 Å². The van der Waals surface area contributed by atoms with Gasteiger partial charge in [-0.3, -0.25) is 9.69 Å². The van der Waals surface area contributed by atoms with Crippen LogP contribution in [0, 0.1) is 0 Å². The van der Waals surface area contributed by atoms with Crippen molar-refractivity contribution in [1.82, 2.24) is 4.90 Å². The molecule has 5 nitrogen and oxygen atoms in total. The molecule has 0 unspecified atom stereocenters. The number of likely N-dealkylation sites (tertiary alicyclic amines) is 1. The molecule has 0 aromatic rings. The van der Waals surface area contributed by atoms with Crippen molar-refractivity contribution in [3.8, 4) is 0 Å². The minimum atomic E-state index is -2.34. The summed E-state index contributed by atoms with van der Waals surface area (Å²) >= 11 is 0. The third kappa shape index (κ3) is 4.61. The summed E-state index contributed by atoms with van der Waals surface area (Å²) in [5.74, 6) is -0.0626. The molecule has 1 aliphatic heterocycles. The Bertz CT molecular complexity index is 274. The van der Waals surface area contributed by atoms with Gasteiger partial charge < -0.3 is 4.74 Å². The summed E-state index contributed by atoms with van der Waals surface area (Å²) < 4.78 is 26.1. The number of carbonyl (C=O) groups excluding carboxylic acids is 1. The first-order valence-electron chi connectivity index (χ1n) is 5.15. The van der Waals surface area contributed by atoms with Crippen LogP contribution in [-0.2, 0) is 20.2 Å². The lowest BCUT2D eigenvalue weighted by Gasteiger charge is -2.29. The highest BCUT2D eigenvalue weighted by atomic mass is 32.2. The van der Waals surface area contributed by atoms with Crippen LogP contribution in [0.15, 0.2) is 0 Å². The SMILES string of the molecule is CCC(=O)OC1CCN(C[SH](=O)=O)CC1. The summed E-state index contributed by atoms with van der Waals surface area (Å²) in [4.78, 5) is 12.9. The Balaban J connectivity index is 2.26. The van der Waals surface area contributed by atoms with Crippen molar-refractivity contribution < 1.29 is 17.9 Å². The minimum Gasteiger partial charge on any atom is -0.462 e. The molecule has 0 aliphatic carbocycles. The van der Waals surface area contributed by atoms with Crippen molar-refractivity contribution in [3.05, 3.63) is 0 Å². The maximum atomic E-state index is 11.0. The van der Waals surface area contributed by atoms with Crippen molar-refractivity contribution in [2.45, 2.75) is 32.3 Å². The molecular weight excluding hydrogens is 218 g/mol. The van der Waals surface area contributed by atoms with E-state index >= 15 is 0 Å². The molecule has 1 rings (SSSR count). The number of nitrogens with zero attached hydrogens (tertiary/aromatic N) is 1. The monoisotopic (exact) mass is 235 g/mol. The van der Waals surface area contributed by atoms with E-state index in [1.54, 1.807) is 6.92 Å². The van der Waals surface area contributed by atoms with Crippen LogP contribution < -0.4 is 0 Å². The maximum Gasteiger partial charge on any atom is 0.305 e. The van der Waals surface area contributed by atoms with Gasteiger partial charge in [-0.25, -0.2) is 8.42 Å². The van der Waals surface area contributed by atoms with Gasteiger partial charge in [0.15, 0.2) is 10.7 Å². The Kier molecular flexibility index (Phi) is 5.04. The molecule has 0 bridgehead atoms. The lowest BCUT2D eigenvalue weighted by atomic mass is 10.1. The molecule has 1 saturated heterocycles. The zero-order valence-corrected chi connectivity index (χ0v) is 9.74. The topological polar surface area (TPSA) is 63.7 Å². The zero-order chi connectivity index (χ0) is 11.3. The van der Waals surface area contributed by atoms with Crippen molar-refractivity contribution in [3.63, 3.8) is 0 Å². The number of piperidine rings is 1. The number of carbonyl (C=O) groups is 1. The highest BCUT2D eigenvalue weighted by Gasteiger charge is 2.21. The van der Waals surface area contributed by atoms with E-state index in [9.17, 15) is 13.2 Å². The van der Waals surface area contributed by atoms with Crippen molar-refractivity contribution >= 4 is 16.7 Å². The van der Waals surface area contributed by atoms with Gasteiger partial charge in [0.1, 0.15) is 6.10 Å². The smallest absolute Gasteiger partial charge is 0.305 e. The molecule has 0 atom stereocenters. The van der Waals surface area contributed by atoms with Crippen LogP contribution in [-0.4, -0.2) is 44.4 Å². The van der Waals surface area contributed by atoms with E-state index in [1.807, 2.05) is 4.90 Å². The molecule has 0 saturated carbocycles. The van der Waals surface area contributed by atoms with Crippen LogP contribution in [0.5, 0.6) is 0 Å². The van der Waals surface area contributed by atoms with Gasteiger partial charge in [0, 0.05) is 19.5 Å².